The van der Waals surface area contributed by atoms with Gasteiger partial charge in [0.2, 0.25) is 5.91 Å². The van der Waals surface area contributed by atoms with E-state index in [0.717, 1.165) is 16.1 Å². The predicted octanol–water partition coefficient (Wildman–Crippen LogP) is 4.37. The highest BCUT2D eigenvalue weighted by Crippen LogP contribution is 2.35. The van der Waals surface area contributed by atoms with Crippen LogP contribution in [0.5, 0.6) is 0 Å². The first-order valence-electron chi connectivity index (χ1n) is 12.7. The third kappa shape index (κ3) is 6.82. The molecule has 16 heteroatoms. The van der Waals surface area contributed by atoms with Gasteiger partial charge in [0.05, 0.1) is 10.7 Å². The van der Waals surface area contributed by atoms with Crippen LogP contribution in [0.25, 0.3) is 0 Å². The Kier molecular flexibility index (Phi) is 9.11. The Bertz CT molecular complexity index is 1440. The minimum absolute atomic E-state index is 0.0862. The summed E-state index contributed by atoms with van der Waals surface area (Å²) in [5, 5.41) is 10.5. The summed E-state index contributed by atoms with van der Waals surface area (Å²) in [6, 6.07) is 7.98. The summed E-state index contributed by atoms with van der Waals surface area (Å²) in [6.45, 7) is 0.343. The first-order valence-corrected chi connectivity index (χ1v) is 14.7. The second-order valence-electron chi connectivity index (χ2n) is 9.57. The molecule has 0 spiro atoms. The van der Waals surface area contributed by atoms with Crippen LogP contribution in [0.2, 0.25) is 0 Å². The lowest BCUT2D eigenvalue weighted by Gasteiger charge is -2.31. The molecular weight excluding hydrogens is 588 g/mol. The van der Waals surface area contributed by atoms with Crippen LogP contribution in [0, 0.1) is 0 Å². The Morgan fingerprint density at radius 1 is 1.20 bits per heavy atom. The van der Waals surface area contributed by atoms with Gasteiger partial charge in [0, 0.05) is 48.6 Å². The van der Waals surface area contributed by atoms with E-state index >= 15 is 0 Å². The van der Waals surface area contributed by atoms with Crippen molar-refractivity contribution < 1.29 is 36.0 Å². The first-order chi connectivity index (χ1) is 19.7. The van der Waals surface area contributed by atoms with Gasteiger partial charge in [-0.3, -0.25) is 13.7 Å². The summed E-state index contributed by atoms with van der Waals surface area (Å²) in [4.78, 5) is 24.7. The van der Waals surface area contributed by atoms with Gasteiger partial charge < -0.3 is 14.3 Å². The fourth-order valence-electron chi connectivity index (χ4n) is 4.91. The number of likely N-dealkylation sites (tertiary alicyclic amines) is 1. The second-order valence-corrected chi connectivity index (χ2v) is 11.2. The van der Waals surface area contributed by atoms with Crippen molar-refractivity contribution in [2.75, 3.05) is 13.1 Å². The zero-order chi connectivity index (χ0) is 29.1. The second kappa shape index (κ2) is 12.8. The maximum Gasteiger partial charge on any atom is 0.282 e. The zero-order valence-corrected chi connectivity index (χ0v) is 23.1. The standard InChI is InChI=1S/C25H26F4N6O4S2/c26-23(27)18-9-20(24(28)29)35(32-18)12-22(36)34-7-5-14(6-8-34)25-31-19(13-40-25)17-10-21(39-33-17)16-4-2-1-3-15(16)11-30-41(37)38/h1-4,9,13-14,21,23-24,30H,5-8,10-12H2,(H,37,38)/p-1. The van der Waals surface area contributed by atoms with E-state index in [2.05, 4.69) is 15.0 Å². The molecule has 5 rings (SSSR count). The third-order valence-electron chi connectivity index (χ3n) is 7.03. The van der Waals surface area contributed by atoms with Crippen molar-refractivity contribution >= 4 is 34.2 Å². The van der Waals surface area contributed by atoms with Crippen molar-refractivity contribution in [1.82, 2.24) is 24.4 Å². The molecule has 1 aromatic carbocycles. The first kappa shape index (κ1) is 29.3. The van der Waals surface area contributed by atoms with Crippen LogP contribution in [0.15, 0.2) is 40.9 Å². The van der Waals surface area contributed by atoms with Crippen molar-refractivity contribution in [3.05, 3.63) is 68.9 Å². The molecule has 4 heterocycles. The number of alkyl halides is 4. The lowest BCUT2D eigenvalue weighted by Crippen LogP contribution is -2.40. The quantitative estimate of drug-likeness (QED) is 0.268. The average Bonchev–Trinajstić information content (AvgIpc) is 3.72. The number of benzene rings is 1. The molecule has 0 saturated carbocycles. The van der Waals surface area contributed by atoms with Crippen LogP contribution >= 0.6 is 11.3 Å². The van der Waals surface area contributed by atoms with Gasteiger partial charge in [0.25, 0.3) is 12.9 Å². The van der Waals surface area contributed by atoms with E-state index in [9.17, 15) is 31.1 Å². The van der Waals surface area contributed by atoms with E-state index in [1.165, 1.54) is 16.2 Å². The highest BCUT2D eigenvalue weighted by atomic mass is 32.2. The minimum atomic E-state index is -3.03. The van der Waals surface area contributed by atoms with Crippen molar-refractivity contribution in [1.29, 1.82) is 0 Å². The SMILES string of the molecule is O=C(Cn1nc(C(F)F)cc1C(F)F)N1CCC(c2nc(C3=NOC(c4ccccc4CNS(=O)[O-])C3)cs2)CC1. The van der Waals surface area contributed by atoms with Gasteiger partial charge in [-0.2, -0.15) is 5.10 Å². The van der Waals surface area contributed by atoms with Crippen LogP contribution < -0.4 is 4.72 Å². The van der Waals surface area contributed by atoms with Crippen LogP contribution in [-0.4, -0.2) is 53.1 Å². The summed E-state index contributed by atoms with van der Waals surface area (Å²) >= 11 is -0.907. The summed E-state index contributed by atoms with van der Waals surface area (Å²) in [7, 11) is 0. The van der Waals surface area contributed by atoms with Crippen molar-refractivity contribution in [3.63, 3.8) is 0 Å². The van der Waals surface area contributed by atoms with E-state index in [1.54, 1.807) is 0 Å². The molecule has 220 valence electrons. The molecular formula is C25H25F4N6O4S2-. The lowest BCUT2D eigenvalue weighted by atomic mass is 9.97. The molecule has 0 bridgehead atoms. The maximum absolute atomic E-state index is 13.3. The van der Waals surface area contributed by atoms with Gasteiger partial charge in [-0.15, -0.1) is 11.3 Å². The van der Waals surface area contributed by atoms with Gasteiger partial charge in [-0.25, -0.2) is 27.3 Å². The number of aromatic nitrogens is 3. The topological polar surface area (TPSA) is 125 Å². The number of nitrogens with zero attached hydrogens (tertiary/aromatic N) is 5. The number of thiazole rings is 1. The Morgan fingerprint density at radius 2 is 1.95 bits per heavy atom. The van der Waals surface area contributed by atoms with Gasteiger partial charge in [-0.05, 0) is 30.0 Å². The molecule has 1 amide bonds. The Morgan fingerprint density at radius 3 is 2.66 bits per heavy atom. The number of carbonyl (C=O) groups is 1. The highest BCUT2D eigenvalue weighted by molar-refractivity contribution is 7.77. The molecule has 2 atom stereocenters. The van der Waals surface area contributed by atoms with E-state index < -0.39 is 48.0 Å². The van der Waals surface area contributed by atoms with Crippen molar-refractivity contribution in [2.45, 2.75) is 57.2 Å². The van der Waals surface area contributed by atoms with Crippen LogP contribution in [0.1, 0.15) is 77.4 Å². The highest BCUT2D eigenvalue weighted by Gasteiger charge is 2.30. The molecule has 3 aromatic rings. The predicted molar refractivity (Wildman–Crippen MR) is 140 cm³/mol. The molecule has 1 fully saturated rings. The van der Waals surface area contributed by atoms with E-state index in [4.69, 9.17) is 9.82 Å². The van der Waals surface area contributed by atoms with E-state index in [1.807, 2.05) is 29.6 Å². The smallest absolute Gasteiger partial charge is 0.282 e. The fraction of sp³-hybridized carbons (Fsp3) is 0.440. The van der Waals surface area contributed by atoms with Gasteiger partial charge in [0.15, 0.2) is 6.10 Å². The Hall–Kier alpha value is -3.21. The number of amides is 1. The number of hydrogen-bond donors (Lipinski definition) is 1. The average molecular weight is 614 g/mol. The monoisotopic (exact) mass is 613 g/mol. The Labute approximate surface area is 238 Å². The van der Waals surface area contributed by atoms with Crippen molar-refractivity contribution in [2.24, 2.45) is 5.16 Å². The summed E-state index contributed by atoms with van der Waals surface area (Å²) in [6.07, 6.45) is -4.73. The largest absolute Gasteiger partial charge is 0.760 e. The van der Waals surface area contributed by atoms with Crippen LogP contribution in [0.4, 0.5) is 17.6 Å². The molecule has 2 aromatic heterocycles. The van der Waals surface area contributed by atoms with Crippen LogP contribution in [-0.2, 0) is 34.0 Å². The van der Waals surface area contributed by atoms with Crippen LogP contribution in [0.3, 0.4) is 0 Å². The zero-order valence-electron chi connectivity index (χ0n) is 21.4. The minimum Gasteiger partial charge on any atom is -0.760 e. The van der Waals surface area contributed by atoms with Gasteiger partial charge in [0.1, 0.15) is 23.6 Å². The molecule has 41 heavy (non-hydrogen) atoms. The Balaban J connectivity index is 1.16. The molecule has 2 aliphatic rings. The van der Waals surface area contributed by atoms with Gasteiger partial charge >= 0.3 is 0 Å². The summed E-state index contributed by atoms with van der Waals surface area (Å²) in [5.41, 5.74) is 1.49. The molecule has 10 nitrogen and oxygen atoms in total. The number of rotatable bonds is 10. The van der Waals surface area contributed by atoms with Gasteiger partial charge in [-0.1, -0.05) is 29.4 Å². The third-order valence-corrected chi connectivity index (χ3v) is 8.42. The number of oxime groups is 1. The van der Waals surface area contributed by atoms with E-state index in [0.29, 0.717) is 54.5 Å². The molecule has 2 aliphatic heterocycles. The molecule has 0 aliphatic carbocycles. The summed E-state index contributed by atoms with van der Waals surface area (Å²) in [5.74, 6) is -0.377. The van der Waals surface area contributed by atoms with Crippen molar-refractivity contribution in [3.8, 4) is 0 Å². The summed E-state index contributed by atoms with van der Waals surface area (Å²) < 4.78 is 77.2. The fourth-order valence-corrected chi connectivity index (χ4v) is 6.19. The number of hydrogen-bond acceptors (Lipinski definition) is 8. The lowest BCUT2D eigenvalue weighted by molar-refractivity contribution is -0.133. The molecule has 1 N–H and O–H groups in total. The molecule has 2 unspecified atom stereocenters. The maximum atomic E-state index is 13.3. The van der Waals surface area contributed by atoms with E-state index in [-0.39, 0.29) is 18.6 Å². The number of carbonyl (C=O) groups excluding carboxylic acids is 1. The normalized spacial score (nSPS) is 18.7. The number of piperidine rings is 1. The molecule has 1 saturated heterocycles. The molecule has 0 radical (unpaired) electrons. The number of nitrogens with one attached hydrogen (secondary N) is 1. The number of halogens is 4.